The summed E-state index contributed by atoms with van der Waals surface area (Å²) >= 11 is 3.15. The van der Waals surface area contributed by atoms with Gasteiger partial charge in [-0.05, 0) is 37.5 Å². The summed E-state index contributed by atoms with van der Waals surface area (Å²) in [6, 6.07) is 6.13. The van der Waals surface area contributed by atoms with Crippen molar-refractivity contribution >= 4 is 21.8 Å². The third-order valence-electron chi connectivity index (χ3n) is 3.12. The van der Waals surface area contributed by atoms with Crippen molar-refractivity contribution in [3.05, 3.63) is 34.1 Å². The number of nitrogens with one attached hydrogen (secondary N) is 1. The Bertz CT molecular complexity index is 492. The van der Waals surface area contributed by atoms with E-state index in [1.54, 1.807) is 6.07 Å². The van der Waals surface area contributed by atoms with Gasteiger partial charge in [0.25, 0.3) is 5.91 Å². The number of hydrogen-bond donors (Lipinski definition) is 1. The topological polar surface area (TPSA) is 52.9 Å². The molecule has 0 aliphatic heterocycles. The number of hydrogen-bond acceptors (Lipinski definition) is 2. The first-order chi connectivity index (χ1) is 8.60. The maximum Gasteiger partial charge on any atom is 0.251 e. The number of nitrogens with zero attached hydrogens (tertiary/aromatic N) is 1. The SMILES string of the molecule is N#CC1CCCC1NC(=O)c1cc(F)cc(Br)c1. The molecule has 1 saturated carbocycles. The van der Waals surface area contributed by atoms with Gasteiger partial charge in [0.2, 0.25) is 0 Å². The van der Waals surface area contributed by atoms with Gasteiger partial charge in [-0.2, -0.15) is 5.26 Å². The van der Waals surface area contributed by atoms with Crippen molar-refractivity contribution in [1.82, 2.24) is 5.32 Å². The first-order valence-corrected chi connectivity index (χ1v) is 6.56. The Morgan fingerprint density at radius 3 is 2.89 bits per heavy atom. The summed E-state index contributed by atoms with van der Waals surface area (Å²) in [6.07, 6.45) is 2.56. The molecule has 0 heterocycles. The lowest BCUT2D eigenvalue weighted by Crippen LogP contribution is -2.36. The molecule has 1 N–H and O–H groups in total. The zero-order valence-corrected chi connectivity index (χ0v) is 11.2. The molecule has 18 heavy (non-hydrogen) atoms. The second-order valence-electron chi connectivity index (χ2n) is 4.40. The maximum absolute atomic E-state index is 13.2. The average molecular weight is 311 g/mol. The lowest BCUT2D eigenvalue weighted by Gasteiger charge is -2.15. The molecule has 1 aromatic rings. The number of rotatable bonds is 2. The first kappa shape index (κ1) is 13.0. The van der Waals surface area contributed by atoms with Crippen LogP contribution in [0.25, 0.3) is 0 Å². The van der Waals surface area contributed by atoms with Crippen molar-refractivity contribution < 1.29 is 9.18 Å². The van der Waals surface area contributed by atoms with Crippen LogP contribution in [0.5, 0.6) is 0 Å². The number of benzene rings is 1. The molecule has 1 aliphatic rings. The summed E-state index contributed by atoms with van der Waals surface area (Å²) in [5.41, 5.74) is 0.269. The van der Waals surface area contributed by atoms with Gasteiger partial charge in [0, 0.05) is 16.1 Å². The summed E-state index contributed by atoms with van der Waals surface area (Å²) < 4.78 is 13.7. The van der Waals surface area contributed by atoms with Gasteiger partial charge in [0.15, 0.2) is 0 Å². The molecule has 2 rings (SSSR count). The molecule has 3 nitrogen and oxygen atoms in total. The largest absolute Gasteiger partial charge is 0.348 e. The third kappa shape index (κ3) is 2.88. The van der Waals surface area contributed by atoms with Crippen LogP contribution in [0.15, 0.2) is 22.7 Å². The number of carbonyl (C=O) groups excluding carboxylic acids is 1. The fourth-order valence-corrected chi connectivity index (χ4v) is 2.69. The molecule has 94 valence electrons. The van der Waals surface area contributed by atoms with Crippen LogP contribution in [0.2, 0.25) is 0 Å². The Balaban J connectivity index is 2.10. The Hall–Kier alpha value is -1.41. The van der Waals surface area contributed by atoms with E-state index in [0.717, 1.165) is 19.3 Å². The van der Waals surface area contributed by atoms with Crippen LogP contribution in [0.1, 0.15) is 29.6 Å². The van der Waals surface area contributed by atoms with Crippen LogP contribution in [0, 0.1) is 23.1 Å². The molecule has 1 aromatic carbocycles. The third-order valence-corrected chi connectivity index (χ3v) is 3.58. The lowest BCUT2D eigenvalue weighted by molar-refractivity contribution is 0.0932. The van der Waals surface area contributed by atoms with Crippen molar-refractivity contribution in [3.63, 3.8) is 0 Å². The number of nitriles is 1. The summed E-state index contributed by atoms with van der Waals surface area (Å²) in [6.45, 7) is 0. The zero-order chi connectivity index (χ0) is 13.1. The molecular weight excluding hydrogens is 299 g/mol. The molecule has 5 heteroatoms. The quantitative estimate of drug-likeness (QED) is 0.913. The molecule has 2 unspecified atom stereocenters. The van der Waals surface area contributed by atoms with E-state index in [-0.39, 0.29) is 23.4 Å². The second-order valence-corrected chi connectivity index (χ2v) is 5.32. The predicted octanol–water partition coefficient (Wildman–Crippen LogP) is 3.01. The minimum atomic E-state index is -0.460. The smallest absolute Gasteiger partial charge is 0.251 e. The highest BCUT2D eigenvalue weighted by Crippen LogP contribution is 2.25. The monoisotopic (exact) mass is 310 g/mol. The predicted molar refractivity (Wildman–Crippen MR) is 68.3 cm³/mol. The van der Waals surface area contributed by atoms with Crippen LogP contribution in [-0.2, 0) is 0 Å². The molecule has 0 aromatic heterocycles. The Morgan fingerprint density at radius 1 is 1.44 bits per heavy atom. The summed E-state index contributed by atoms with van der Waals surface area (Å²) in [5, 5.41) is 11.7. The van der Waals surface area contributed by atoms with Crippen LogP contribution in [0.3, 0.4) is 0 Å². The minimum absolute atomic E-state index is 0.121. The van der Waals surface area contributed by atoms with E-state index in [4.69, 9.17) is 5.26 Å². The van der Waals surface area contributed by atoms with E-state index in [2.05, 4.69) is 27.3 Å². The maximum atomic E-state index is 13.2. The Kier molecular flexibility index (Phi) is 3.97. The van der Waals surface area contributed by atoms with E-state index in [1.165, 1.54) is 12.1 Å². The fraction of sp³-hybridized carbons (Fsp3) is 0.385. The number of halogens is 2. The minimum Gasteiger partial charge on any atom is -0.348 e. The van der Waals surface area contributed by atoms with Gasteiger partial charge >= 0.3 is 0 Å². The van der Waals surface area contributed by atoms with Crippen LogP contribution in [0.4, 0.5) is 4.39 Å². The number of amides is 1. The highest BCUT2D eigenvalue weighted by molar-refractivity contribution is 9.10. The van der Waals surface area contributed by atoms with Crippen LogP contribution in [-0.4, -0.2) is 11.9 Å². The van der Waals surface area contributed by atoms with Gasteiger partial charge in [0.05, 0.1) is 12.0 Å². The van der Waals surface area contributed by atoms with E-state index in [0.29, 0.717) is 4.47 Å². The average Bonchev–Trinajstić information content (AvgIpc) is 2.75. The van der Waals surface area contributed by atoms with Gasteiger partial charge in [-0.25, -0.2) is 4.39 Å². The van der Waals surface area contributed by atoms with Crippen molar-refractivity contribution in [2.45, 2.75) is 25.3 Å². The van der Waals surface area contributed by atoms with Gasteiger partial charge in [-0.3, -0.25) is 4.79 Å². The molecular formula is C13H12BrFN2O. The Labute approximate surface area is 113 Å². The standard InChI is InChI=1S/C13H12BrFN2O/c14-10-4-9(5-11(15)6-10)13(18)17-12-3-1-2-8(12)7-16/h4-6,8,12H,1-3H2,(H,17,18). The highest BCUT2D eigenvalue weighted by Gasteiger charge is 2.28. The van der Waals surface area contributed by atoms with Crippen molar-refractivity contribution in [2.24, 2.45) is 5.92 Å². The first-order valence-electron chi connectivity index (χ1n) is 5.76. The second kappa shape index (κ2) is 5.49. The molecule has 0 bridgehead atoms. The summed E-state index contributed by atoms with van der Waals surface area (Å²) in [7, 11) is 0. The zero-order valence-electron chi connectivity index (χ0n) is 9.62. The molecule has 0 spiro atoms. The van der Waals surface area contributed by atoms with Gasteiger partial charge in [-0.15, -0.1) is 0 Å². The van der Waals surface area contributed by atoms with Crippen molar-refractivity contribution in [2.75, 3.05) is 0 Å². The Morgan fingerprint density at radius 2 is 2.22 bits per heavy atom. The van der Waals surface area contributed by atoms with E-state index >= 15 is 0 Å². The summed E-state index contributed by atoms with van der Waals surface area (Å²) in [5.74, 6) is -0.925. The van der Waals surface area contributed by atoms with Gasteiger partial charge in [-0.1, -0.05) is 15.9 Å². The normalized spacial score (nSPS) is 22.5. The molecule has 2 atom stereocenters. The molecule has 0 radical (unpaired) electrons. The molecule has 1 amide bonds. The summed E-state index contributed by atoms with van der Waals surface area (Å²) in [4.78, 5) is 12.0. The molecule has 1 fully saturated rings. The van der Waals surface area contributed by atoms with Gasteiger partial charge in [0.1, 0.15) is 5.82 Å². The van der Waals surface area contributed by atoms with E-state index in [9.17, 15) is 9.18 Å². The van der Waals surface area contributed by atoms with Crippen molar-refractivity contribution in [1.29, 1.82) is 5.26 Å². The highest BCUT2D eigenvalue weighted by atomic mass is 79.9. The number of carbonyl (C=O) groups is 1. The fourth-order valence-electron chi connectivity index (χ4n) is 2.22. The van der Waals surface area contributed by atoms with E-state index < -0.39 is 5.82 Å². The van der Waals surface area contributed by atoms with Gasteiger partial charge < -0.3 is 5.32 Å². The lowest BCUT2D eigenvalue weighted by atomic mass is 10.1. The van der Waals surface area contributed by atoms with Crippen LogP contribution < -0.4 is 5.32 Å². The molecule has 0 saturated heterocycles. The molecule has 1 aliphatic carbocycles. The van der Waals surface area contributed by atoms with Crippen molar-refractivity contribution in [3.8, 4) is 6.07 Å². The van der Waals surface area contributed by atoms with E-state index in [1.807, 2.05) is 0 Å². The van der Waals surface area contributed by atoms with Crippen LogP contribution >= 0.6 is 15.9 Å².